The third kappa shape index (κ3) is 37.1. The Kier molecular flexibility index (Phi) is 44.9. The molecule has 0 fully saturated rings. The van der Waals surface area contributed by atoms with Crippen LogP contribution >= 0.6 is 11.8 Å². The molecule has 0 aliphatic rings. The summed E-state index contributed by atoms with van der Waals surface area (Å²) in [5, 5.41) is 109. The Labute approximate surface area is 613 Å². The van der Waals surface area contributed by atoms with E-state index in [-0.39, 0.29) is 43.9 Å². The molecule has 0 aromatic heterocycles. The quantitative estimate of drug-likeness (QED) is 0.0271. The Morgan fingerprint density at radius 1 is 0.390 bits per heavy atom. The number of carbonyl (C=O) groups excluding carboxylic acids is 12. The van der Waals surface area contributed by atoms with Crippen molar-refractivity contribution in [3.05, 3.63) is 0 Å². The van der Waals surface area contributed by atoms with Gasteiger partial charge in [0.15, 0.2) is 0 Å². The molecule has 0 rings (SSSR count). The number of thioether (sulfide) groups is 1. The van der Waals surface area contributed by atoms with E-state index in [0.29, 0.717) is 5.75 Å². The van der Waals surface area contributed by atoms with Crippen molar-refractivity contribution < 1.29 is 122 Å². The molecule has 0 unspecified atom stereocenters. The van der Waals surface area contributed by atoms with Crippen LogP contribution < -0.4 is 75.3 Å². The zero-order valence-corrected chi connectivity index (χ0v) is 62.3. The first-order valence-corrected chi connectivity index (χ1v) is 35.9. The van der Waals surface area contributed by atoms with Crippen LogP contribution in [-0.2, 0) is 81.5 Å². The van der Waals surface area contributed by atoms with Crippen LogP contribution in [0.25, 0.3) is 0 Å². The van der Waals surface area contributed by atoms with Crippen molar-refractivity contribution in [2.24, 2.45) is 41.1 Å². The normalized spacial score (nSPS) is 16.2. The summed E-state index contributed by atoms with van der Waals surface area (Å²) in [7, 11) is 0. The van der Waals surface area contributed by atoms with Crippen LogP contribution in [-0.4, -0.2) is 257 Å². The maximum absolute atomic E-state index is 14.3. The second kappa shape index (κ2) is 49.0. The molecular weight excluding hydrogens is 1410 g/mol. The van der Waals surface area contributed by atoms with Gasteiger partial charge in [0.05, 0.1) is 43.7 Å². The minimum absolute atomic E-state index is 0.0258. The van der Waals surface area contributed by atoms with E-state index in [1.807, 2.05) is 0 Å². The molecule has 17 atom stereocenters. The van der Waals surface area contributed by atoms with E-state index in [9.17, 15) is 122 Å². The molecule has 0 radical (unpaired) electrons. The Morgan fingerprint density at radius 2 is 0.733 bits per heavy atom. The van der Waals surface area contributed by atoms with Crippen LogP contribution in [0, 0.1) is 29.6 Å². The van der Waals surface area contributed by atoms with Gasteiger partial charge in [-0.2, -0.15) is 11.8 Å². The molecule has 0 aliphatic carbocycles. The molecule has 598 valence electrons. The van der Waals surface area contributed by atoms with Gasteiger partial charge in [-0.15, -0.1) is 0 Å². The second-order valence-corrected chi connectivity index (χ2v) is 27.9. The van der Waals surface area contributed by atoms with Gasteiger partial charge in [0.1, 0.15) is 66.5 Å². The Balaban J connectivity index is 6.95. The number of rotatable bonds is 54. The van der Waals surface area contributed by atoms with Crippen molar-refractivity contribution in [3.63, 3.8) is 0 Å². The smallest absolute Gasteiger partial charge is 0.305 e. The van der Waals surface area contributed by atoms with Crippen LogP contribution in [0.15, 0.2) is 0 Å². The molecule has 0 saturated heterocycles. The minimum Gasteiger partial charge on any atom is -0.481 e. The average Bonchev–Trinajstić information content (AvgIpc) is 0.855. The van der Waals surface area contributed by atoms with Crippen LogP contribution in [0.4, 0.5) is 0 Å². The number of hydrogen-bond acceptors (Lipinski definition) is 23. The molecule has 0 spiro atoms. The molecule has 24 N–H and O–H groups in total. The van der Waals surface area contributed by atoms with Gasteiger partial charge in [0.25, 0.3) is 0 Å². The summed E-state index contributed by atoms with van der Waals surface area (Å²) in [6, 6.07) is -20.7. The largest absolute Gasteiger partial charge is 0.481 e. The third-order valence-corrected chi connectivity index (χ3v) is 17.4. The molecule has 0 aromatic carbocycles. The lowest BCUT2D eigenvalue weighted by Crippen LogP contribution is -2.62. The van der Waals surface area contributed by atoms with Crippen molar-refractivity contribution in [2.75, 3.05) is 25.2 Å². The highest BCUT2D eigenvalue weighted by Crippen LogP contribution is 2.17. The fraction of sp³-hybridized carbons (Fsp3) is 0.738. The van der Waals surface area contributed by atoms with Gasteiger partial charge < -0.3 is 116 Å². The van der Waals surface area contributed by atoms with Gasteiger partial charge >= 0.3 is 29.8 Å². The summed E-state index contributed by atoms with van der Waals surface area (Å²) in [5.74, 6) is -22.8. The number of amides is 12. The summed E-state index contributed by atoms with van der Waals surface area (Å²) in [5.41, 5.74) is 11.0. The first-order chi connectivity index (χ1) is 48.8. The van der Waals surface area contributed by atoms with Gasteiger partial charge in [-0.05, 0) is 87.0 Å². The van der Waals surface area contributed by atoms with Crippen LogP contribution in [0.3, 0.4) is 0 Å². The van der Waals surface area contributed by atoms with E-state index in [0.717, 1.165) is 6.92 Å². The zero-order valence-electron chi connectivity index (χ0n) is 61.4. The number of aliphatic carboxylic acids is 5. The third-order valence-electron chi connectivity index (χ3n) is 16.7. The Hall–Kier alpha value is -8.86. The summed E-state index contributed by atoms with van der Waals surface area (Å²) in [6.45, 7) is 15.8. The van der Waals surface area contributed by atoms with Gasteiger partial charge in [-0.3, -0.25) is 81.5 Å². The summed E-state index contributed by atoms with van der Waals surface area (Å²) >= 11 is 1.36. The van der Waals surface area contributed by atoms with E-state index in [2.05, 4.69) is 63.8 Å². The molecule has 0 aromatic rings. The second-order valence-electron chi connectivity index (χ2n) is 26.9. The highest BCUT2D eigenvalue weighted by Gasteiger charge is 2.40. The lowest BCUT2D eigenvalue weighted by atomic mass is 9.96. The lowest BCUT2D eigenvalue weighted by molar-refractivity contribution is -0.142. The standard InChI is InChI=1S/C65H112N14O25S/c1-13-32(9)52(78-58(97)38(17-20-47(87)88)70-61(100)43(28-80)76-65(104)53(33(10)14-2)79-57(96)37(16-19-46(85)86)69-56(95)36(15-18-45(83)84)71-62(101)50(66)34(11)81)64(103)75-42(26-49(91)92)60(99)72-39(23-29(3)4)44(82)27-68-35(21-22-105-12)55(94)77-51(31(7)8)63(102)74-41(24-30(5)6)59(98)73-40(54(67)93)25-48(89)90/h29-44,50-53,68,80-82H,13-28,66H2,1-12H3,(H2,67,93)(H,69,95)(H,70,100)(H,71,101)(H,72,99)(H,73,98)(H,74,102)(H,75,103)(H,76,104)(H,77,94)(H,78,97)(H,79,96)(H,83,84)(H,85,86)(H,87,88)(H,89,90)(H,91,92)/t32-,33-,34+,35-,36-,37-,38-,39-,40-,41-,42-,43-,44-,50-,51-,52-,53-/m0/s1. The number of carboxylic acid groups (broad SMARTS) is 5. The monoisotopic (exact) mass is 1520 g/mol. The van der Waals surface area contributed by atoms with Crippen LogP contribution in [0.2, 0.25) is 0 Å². The lowest BCUT2D eigenvalue weighted by Gasteiger charge is -2.31. The van der Waals surface area contributed by atoms with Gasteiger partial charge in [0.2, 0.25) is 70.9 Å². The Morgan fingerprint density at radius 3 is 1.11 bits per heavy atom. The number of nitrogens with two attached hydrogens (primary N) is 2. The van der Waals surface area contributed by atoms with Crippen LogP contribution in [0.1, 0.15) is 160 Å². The van der Waals surface area contributed by atoms with E-state index < -0.39 is 274 Å². The molecule has 0 bridgehead atoms. The number of carbonyl (C=O) groups is 17. The summed E-state index contributed by atoms with van der Waals surface area (Å²) < 4.78 is 0. The van der Waals surface area contributed by atoms with E-state index in [1.165, 1.54) is 25.6 Å². The number of aliphatic hydroxyl groups is 3. The summed E-state index contributed by atoms with van der Waals surface area (Å²) in [6.07, 6.45) is -6.92. The number of hydrogen-bond donors (Lipinski definition) is 22. The van der Waals surface area contributed by atoms with Crippen LogP contribution in [0.5, 0.6) is 0 Å². The molecule has 105 heavy (non-hydrogen) atoms. The predicted molar refractivity (Wildman–Crippen MR) is 376 cm³/mol. The first kappa shape index (κ1) is 96.1. The molecule has 39 nitrogen and oxygen atoms in total. The highest BCUT2D eigenvalue weighted by atomic mass is 32.2. The van der Waals surface area contributed by atoms with E-state index >= 15 is 0 Å². The number of aliphatic hydroxyl groups excluding tert-OH is 3. The molecule has 12 amide bonds. The van der Waals surface area contributed by atoms with Crippen molar-refractivity contribution in [1.82, 2.24) is 63.8 Å². The highest BCUT2D eigenvalue weighted by molar-refractivity contribution is 7.98. The Bertz CT molecular complexity index is 2960. The molecule has 0 saturated carbocycles. The van der Waals surface area contributed by atoms with Crippen molar-refractivity contribution in [1.29, 1.82) is 0 Å². The first-order valence-electron chi connectivity index (χ1n) is 34.5. The minimum atomic E-state index is -1.99. The predicted octanol–water partition coefficient (Wildman–Crippen LogP) is -5.04. The number of nitrogens with one attached hydrogen (secondary N) is 12. The molecule has 40 heteroatoms. The summed E-state index contributed by atoms with van der Waals surface area (Å²) in [4.78, 5) is 223. The maximum Gasteiger partial charge on any atom is 0.305 e. The van der Waals surface area contributed by atoms with Crippen molar-refractivity contribution in [2.45, 2.75) is 250 Å². The van der Waals surface area contributed by atoms with E-state index in [1.54, 1.807) is 61.6 Å². The van der Waals surface area contributed by atoms with Gasteiger partial charge in [-0.25, -0.2) is 0 Å². The van der Waals surface area contributed by atoms with E-state index in [4.69, 9.17) is 11.5 Å². The zero-order chi connectivity index (χ0) is 80.9. The maximum atomic E-state index is 14.3. The number of carboxylic acids is 5. The average molecular weight is 1520 g/mol. The molecule has 0 aliphatic heterocycles. The fourth-order valence-corrected chi connectivity index (χ4v) is 10.6. The van der Waals surface area contributed by atoms with Gasteiger partial charge in [-0.1, -0.05) is 82.1 Å². The fourth-order valence-electron chi connectivity index (χ4n) is 10.1. The van der Waals surface area contributed by atoms with Crippen molar-refractivity contribution in [3.8, 4) is 0 Å². The SMILES string of the molecule is CC[C@H](C)[C@H](NC(=O)[C@H](CCC(=O)O)NC(=O)[C@H](CCC(=O)O)NC(=O)[C@@H](N)[C@@H](C)O)C(=O)N[C@@H](CO)C(=O)N[C@@H](CCC(=O)O)C(=O)N[C@H](C(=O)N[C@@H](CC(=O)O)C(=O)N[C@@H](CC(C)C)[C@@H](O)CN[C@@H](CCSC)C(=O)N[C@H](C(=O)N[C@@H](CC(C)C)C(=O)N[C@@H](CC(=O)O)C(N)=O)C(C)C)[C@@H](C)CC. The topological polar surface area (TPSA) is 648 Å². The number of primary amides is 1. The molecule has 0 heterocycles. The molecular formula is C65H112N14O25S. The van der Waals surface area contributed by atoms with Gasteiger partial charge in [0, 0.05) is 25.8 Å². The van der Waals surface area contributed by atoms with Crippen molar-refractivity contribution >= 4 is 112 Å².